The minimum Gasteiger partial charge on any atom is -0.508 e. The Morgan fingerprint density at radius 1 is 1.13 bits per heavy atom. The molecule has 2 aromatic rings. The van der Waals surface area contributed by atoms with E-state index in [0.717, 1.165) is 17.3 Å². The topological polar surface area (TPSA) is 57.6 Å². The molecule has 3 rings (SSSR count). The van der Waals surface area contributed by atoms with Gasteiger partial charge in [0.15, 0.2) is 0 Å². The maximum absolute atomic E-state index is 12.4. The summed E-state index contributed by atoms with van der Waals surface area (Å²) < 4.78 is 0. The van der Waals surface area contributed by atoms with E-state index < -0.39 is 0 Å². The summed E-state index contributed by atoms with van der Waals surface area (Å²) in [5.74, 6) is -0.252. The zero-order valence-corrected chi connectivity index (χ0v) is 13.5. The van der Waals surface area contributed by atoms with Crippen LogP contribution in [0.5, 0.6) is 5.75 Å². The number of amides is 2. The molecule has 0 aromatic heterocycles. The van der Waals surface area contributed by atoms with Crippen molar-refractivity contribution in [2.45, 2.75) is 6.54 Å². The van der Waals surface area contributed by atoms with Gasteiger partial charge < -0.3 is 5.11 Å². The lowest BCUT2D eigenvalue weighted by Crippen LogP contribution is -2.27. The standard InChI is InChI=1S/C17H12ClNO3S/c18-14-7-2-1-5-12(14)10-19-16(21)15(23-17(19)22)9-11-4-3-6-13(20)8-11/h1-9,20H,10H2/b15-9-. The van der Waals surface area contributed by atoms with Crippen LogP contribution in [0, 0.1) is 0 Å². The molecule has 0 spiro atoms. The lowest BCUT2D eigenvalue weighted by molar-refractivity contribution is -0.123. The molecule has 1 N–H and O–H groups in total. The van der Waals surface area contributed by atoms with Crippen molar-refractivity contribution in [2.24, 2.45) is 0 Å². The van der Waals surface area contributed by atoms with E-state index in [0.29, 0.717) is 15.5 Å². The second-order valence-electron chi connectivity index (χ2n) is 4.95. The number of phenolic OH excluding ortho intramolecular Hbond substituents is 1. The molecule has 4 nitrogen and oxygen atoms in total. The number of nitrogens with zero attached hydrogens (tertiary/aromatic N) is 1. The Bertz CT molecular complexity index is 819. The Balaban J connectivity index is 1.84. The largest absolute Gasteiger partial charge is 0.508 e. The highest BCUT2D eigenvalue weighted by molar-refractivity contribution is 8.18. The predicted octanol–water partition coefficient (Wildman–Crippen LogP) is 4.28. The maximum atomic E-state index is 12.4. The van der Waals surface area contributed by atoms with Crippen molar-refractivity contribution in [2.75, 3.05) is 0 Å². The van der Waals surface area contributed by atoms with E-state index in [1.807, 2.05) is 6.07 Å². The number of benzene rings is 2. The Hall–Kier alpha value is -2.24. The van der Waals surface area contributed by atoms with Crippen LogP contribution in [0.4, 0.5) is 4.79 Å². The molecular formula is C17H12ClNO3S. The SMILES string of the molecule is O=C1S/C(=C\c2cccc(O)c2)C(=O)N1Cc1ccccc1Cl. The molecule has 2 amide bonds. The van der Waals surface area contributed by atoms with Gasteiger partial charge in [-0.1, -0.05) is 41.9 Å². The van der Waals surface area contributed by atoms with Gasteiger partial charge in [0.25, 0.3) is 11.1 Å². The summed E-state index contributed by atoms with van der Waals surface area (Å²) in [5.41, 5.74) is 1.38. The minimum atomic E-state index is -0.358. The summed E-state index contributed by atoms with van der Waals surface area (Å²) in [6.07, 6.45) is 1.59. The third kappa shape index (κ3) is 3.41. The zero-order chi connectivity index (χ0) is 16.4. The summed E-state index contributed by atoms with van der Waals surface area (Å²) in [5, 5.41) is 9.65. The first-order chi connectivity index (χ1) is 11.0. The van der Waals surface area contributed by atoms with Crippen LogP contribution in [0.2, 0.25) is 5.02 Å². The van der Waals surface area contributed by atoms with E-state index >= 15 is 0 Å². The van der Waals surface area contributed by atoms with Crippen LogP contribution in [0.15, 0.2) is 53.4 Å². The number of carbonyl (C=O) groups excluding carboxylic acids is 2. The molecule has 1 aliphatic rings. The number of imide groups is 1. The third-order valence-corrected chi connectivity index (χ3v) is 4.60. The lowest BCUT2D eigenvalue weighted by Gasteiger charge is -2.13. The summed E-state index contributed by atoms with van der Waals surface area (Å²) >= 11 is 6.96. The van der Waals surface area contributed by atoms with Crippen LogP contribution in [0.3, 0.4) is 0 Å². The lowest BCUT2D eigenvalue weighted by atomic mass is 10.2. The van der Waals surface area contributed by atoms with Gasteiger partial charge in [-0.05, 0) is 47.2 Å². The normalized spacial score (nSPS) is 16.4. The van der Waals surface area contributed by atoms with E-state index in [4.69, 9.17) is 11.6 Å². The first kappa shape index (κ1) is 15.6. The van der Waals surface area contributed by atoms with Gasteiger partial charge in [-0.25, -0.2) is 0 Å². The van der Waals surface area contributed by atoms with Crippen molar-refractivity contribution >= 4 is 40.6 Å². The van der Waals surface area contributed by atoms with Crippen LogP contribution in [0.1, 0.15) is 11.1 Å². The number of thioether (sulfide) groups is 1. The molecule has 1 aliphatic heterocycles. The molecule has 0 saturated carbocycles. The number of carbonyl (C=O) groups is 2. The van der Waals surface area contributed by atoms with Crippen molar-refractivity contribution in [1.29, 1.82) is 0 Å². The average molecular weight is 346 g/mol. The van der Waals surface area contributed by atoms with Crippen LogP contribution in [-0.2, 0) is 11.3 Å². The van der Waals surface area contributed by atoms with Crippen LogP contribution >= 0.6 is 23.4 Å². The molecule has 1 heterocycles. The number of aromatic hydroxyl groups is 1. The predicted molar refractivity (Wildman–Crippen MR) is 91.1 cm³/mol. The number of rotatable bonds is 3. The smallest absolute Gasteiger partial charge is 0.293 e. The van der Waals surface area contributed by atoms with Crippen molar-refractivity contribution in [1.82, 2.24) is 4.90 Å². The van der Waals surface area contributed by atoms with Crippen LogP contribution in [0.25, 0.3) is 6.08 Å². The fourth-order valence-corrected chi connectivity index (χ4v) is 3.23. The number of phenols is 1. The number of halogens is 1. The Morgan fingerprint density at radius 3 is 2.65 bits per heavy atom. The fourth-order valence-electron chi connectivity index (χ4n) is 2.20. The monoisotopic (exact) mass is 345 g/mol. The summed E-state index contributed by atoms with van der Waals surface area (Å²) in [6, 6.07) is 13.6. The van der Waals surface area contributed by atoms with E-state index in [9.17, 15) is 14.7 Å². The van der Waals surface area contributed by atoms with E-state index in [1.165, 1.54) is 11.0 Å². The van der Waals surface area contributed by atoms with Crippen molar-refractivity contribution < 1.29 is 14.7 Å². The number of hydrogen-bond acceptors (Lipinski definition) is 4. The number of hydrogen-bond donors (Lipinski definition) is 1. The van der Waals surface area contributed by atoms with E-state index in [2.05, 4.69) is 0 Å². The molecule has 0 aliphatic carbocycles. The van der Waals surface area contributed by atoms with Crippen LogP contribution < -0.4 is 0 Å². The minimum absolute atomic E-state index is 0.106. The highest BCUT2D eigenvalue weighted by atomic mass is 35.5. The Labute approximate surface area is 142 Å². The molecule has 0 radical (unpaired) electrons. The third-order valence-electron chi connectivity index (χ3n) is 3.33. The Morgan fingerprint density at radius 2 is 1.91 bits per heavy atom. The van der Waals surface area contributed by atoms with Gasteiger partial charge in [0.2, 0.25) is 0 Å². The molecule has 0 bridgehead atoms. The first-order valence-electron chi connectivity index (χ1n) is 6.82. The highest BCUT2D eigenvalue weighted by Crippen LogP contribution is 2.34. The van der Waals surface area contributed by atoms with Crippen LogP contribution in [-0.4, -0.2) is 21.2 Å². The average Bonchev–Trinajstić information content (AvgIpc) is 2.77. The molecule has 0 unspecified atom stereocenters. The maximum Gasteiger partial charge on any atom is 0.293 e. The second kappa shape index (κ2) is 6.48. The van der Waals surface area contributed by atoms with Crippen molar-refractivity contribution in [3.63, 3.8) is 0 Å². The van der Waals surface area contributed by atoms with Gasteiger partial charge in [-0.3, -0.25) is 14.5 Å². The van der Waals surface area contributed by atoms with E-state index in [-0.39, 0.29) is 23.4 Å². The quantitative estimate of drug-likeness (QED) is 0.843. The van der Waals surface area contributed by atoms with Gasteiger partial charge in [0, 0.05) is 5.02 Å². The first-order valence-corrected chi connectivity index (χ1v) is 8.02. The van der Waals surface area contributed by atoms with Gasteiger partial charge in [-0.2, -0.15) is 0 Å². The molecule has 23 heavy (non-hydrogen) atoms. The molecule has 1 saturated heterocycles. The zero-order valence-electron chi connectivity index (χ0n) is 11.9. The summed E-state index contributed by atoms with van der Waals surface area (Å²) in [7, 11) is 0. The van der Waals surface area contributed by atoms with Gasteiger partial charge in [0.05, 0.1) is 11.4 Å². The molecule has 2 aromatic carbocycles. The molecular weight excluding hydrogens is 334 g/mol. The summed E-state index contributed by atoms with van der Waals surface area (Å²) in [6.45, 7) is 0.141. The second-order valence-corrected chi connectivity index (χ2v) is 6.35. The molecule has 6 heteroatoms. The van der Waals surface area contributed by atoms with Crippen molar-refractivity contribution in [3.8, 4) is 5.75 Å². The van der Waals surface area contributed by atoms with Crippen molar-refractivity contribution in [3.05, 3.63) is 69.6 Å². The van der Waals surface area contributed by atoms with Gasteiger partial charge >= 0.3 is 0 Å². The molecule has 116 valence electrons. The highest BCUT2D eigenvalue weighted by Gasteiger charge is 2.35. The Kier molecular flexibility index (Phi) is 4.41. The molecule has 1 fully saturated rings. The molecule has 0 atom stereocenters. The van der Waals surface area contributed by atoms with Gasteiger partial charge in [-0.15, -0.1) is 0 Å². The summed E-state index contributed by atoms with van der Waals surface area (Å²) in [4.78, 5) is 26.0. The van der Waals surface area contributed by atoms with Gasteiger partial charge in [0.1, 0.15) is 5.75 Å². The van der Waals surface area contributed by atoms with E-state index in [1.54, 1.807) is 42.5 Å². The fraction of sp³-hybridized carbons (Fsp3) is 0.0588.